The Morgan fingerprint density at radius 3 is 2.53 bits per heavy atom. The molecule has 1 aromatic heterocycles. The van der Waals surface area contributed by atoms with Crippen molar-refractivity contribution in [2.24, 2.45) is 5.10 Å². The molecule has 1 heterocycles. The zero-order valence-electron chi connectivity index (χ0n) is 17.4. The van der Waals surface area contributed by atoms with Gasteiger partial charge in [-0.15, -0.1) is 0 Å². The van der Waals surface area contributed by atoms with Crippen molar-refractivity contribution in [3.05, 3.63) is 110 Å². The summed E-state index contributed by atoms with van der Waals surface area (Å²) in [4.78, 5) is 33.2. The molecule has 0 radical (unpaired) electrons. The number of ether oxygens (including phenoxy) is 1. The number of benzene rings is 3. The van der Waals surface area contributed by atoms with Gasteiger partial charge in [0.25, 0.3) is 11.4 Å². The molecule has 0 saturated carbocycles. The van der Waals surface area contributed by atoms with Crippen LogP contribution in [-0.4, -0.2) is 22.0 Å². The van der Waals surface area contributed by atoms with E-state index in [1.807, 2.05) is 0 Å². The van der Waals surface area contributed by atoms with Crippen LogP contribution in [0.15, 0.2) is 82.3 Å². The average molecular weight is 460 g/mol. The van der Waals surface area contributed by atoms with Gasteiger partial charge in [-0.3, -0.25) is 25.0 Å². The van der Waals surface area contributed by atoms with Crippen LogP contribution in [0, 0.1) is 20.2 Å². The molecule has 11 nitrogen and oxygen atoms in total. The maximum absolute atomic E-state index is 12.4. The van der Waals surface area contributed by atoms with E-state index >= 15 is 0 Å². The molecule has 34 heavy (non-hydrogen) atoms. The summed E-state index contributed by atoms with van der Waals surface area (Å²) in [5.74, 6) is -0.226. The smallest absolute Gasteiger partial charge is 0.307 e. The van der Waals surface area contributed by atoms with Crippen molar-refractivity contribution >= 4 is 34.5 Å². The molecule has 0 aliphatic carbocycles. The molecule has 4 rings (SSSR count). The van der Waals surface area contributed by atoms with E-state index in [-0.39, 0.29) is 23.7 Å². The second-order valence-electron chi connectivity index (χ2n) is 7.04. The topological polar surface area (TPSA) is 150 Å². The number of fused-ring (bicyclic) bond motifs is 1. The van der Waals surface area contributed by atoms with E-state index in [4.69, 9.17) is 9.15 Å². The molecular weight excluding hydrogens is 444 g/mol. The van der Waals surface area contributed by atoms with Crippen molar-refractivity contribution in [3.63, 3.8) is 0 Å². The van der Waals surface area contributed by atoms with Gasteiger partial charge in [-0.25, -0.2) is 5.43 Å². The maximum Gasteiger partial charge on any atom is 0.307 e. The first-order valence-corrected chi connectivity index (χ1v) is 9.87. The van der Waals surface area contributed by atoms with E-state index < -0.39 is 15.8 Å². The first-order valence-electron chi connectivity index (χ1n) is 9.87. The Bertz CT molecular complexity index is 1430. The minimum absolute atomic E-state index is 0.0288. The highest BCUT2D eigenvalue weighted by Gasteiger charge is 2.15. The number of carbonyl (C=O) groups excluding carboxylic acids is 1. The number of nitrogens with zero attached hydrogens (tertiary/aromatic N) is 3. The fraction of sp³-hybridized carbons (Fsp3) is 0.0435. The van der Waals surface area contributed by atoms with E-state index in [0.717, 1.165) is 0 Å². The first kappa shape index (κ1) is 22.1. The Balaban J connectivity index is 1.43. The largest absolute Gasteiger partial charge is 0.488 e. The molecule has 0 saturated heterocycles. The molecule has 0 unspecified atom stereocenters. The number of non-ortho nitro benzene ring substituents is 2. The van der Waals surface area contributed by atoms with Crippen LogP contribution in [-0.2, 0) is 6.61 Å². The van der Waals surface area contributed by atoms with Gasteiger partial charge >= 0.3 is 5.91 Å². The van der Waals surface area contributed by atoms with Crippen LogP contribution in [0.4, 0.5) is 11.4 Å². The number of furan rings is 1. The molecule has 3 aromatic carbocycles. The predicted molar refractivity (Wildman–Crippen MR) is 122 cm³/mol. The third kappa shape index (κ3) is 5.05. The molecule has 0 aliphatic rings. The first-order chi connectivity index (χ1) is 16.4. The number of nitrogens with one attached hydrogen (secondary N) is 1. The predicted octanol–water partition coefficient (Wildman–Crippen LogP) is 4.59. The summed E-state index contributed by atoms with van der Waals surface area (Å²) in [6, 6.07) is 18.5. The highest BCUT2D eigenvalue weighted by molar-refractivity contribution is 5.97. The number of amides is 1. The lowest BCUT2D eigenvalue weighted by molar-refractivity contribution is -0.385. The van der Waals surface area contributed by atoms with Crippen molar-refractivity contribution in [2.75, 3.05) is 0 Å². The minimum Gasteiger partial charge on any atom is -0.488 e. The fourth-order valence-electron chi connectivity index (χ4n) is 3.11. The third-order valence-electron chi connectivity index (χ3n) is 4.74. The van der Waals surface area contributed by atoms with Crippen LogP contribution in [0.5, 0.6) is 5.75 Å². The third-order valence-corrected chi connectivity index (χ3v) is 4.74. The van der Waals surface area contributed by atoms with Gasteiger partial charge in [-0.2, -0.15) is 5.10 Å². The average Bonchev–Trinajstić information content (AvgIpc) is 3.27. The van der Waals surface area contributed by atoms with Gasteiger partial charge in [0.1, 0.15) is 17.9 Å². The van der Waals surface area contributed by atoms with Crippen molar-refractivity contribution in [3.8, 4) is 5.75 Å². The summed E-state index contributed by atoms with van der Waals surface area (Å²) >= 11 is 0. The van der Waals surface area contributed by atoms with Gasteiger partial charge in [-0.05, 0) is 29.8 Å². The molecular formula is C23H16N4O7. The van der Waals surface area contributed by atoms with Crippen LogP contribution in [0.1, 0.15) is 21.7 Å². The zero-order chi connectivity index (χ0) is 24.1. The quantitative estimate of drug-likeness (QED) is 0.229. The molecule has 0 spiro atoms. The molecule has 0 bridgehead atoms. The Hall–Kier alpha value is -5.06. The van der Waals surface area contributed by atoms with Gasteiger partial charge in [0.2, 0.25) is 0 Å². The number of nitro groups is 2. The maximum atomic E-state index is 12.4. The Kier molecular flexibility index (Phi) is 6.26. The lowest BCUT2D eigenvalue weighted by atomic mass is 10.2. The highest BCUT2D eigenvalue weighted by atomic mass is 16.6. The van der Waals surface area contributed by atoms with Gasteiger partial charge in [0.15, 0.2) is 5.76 Å². The van der Waals surface area contributed by atoms with Gasteiger partial charge in [0, 0.05) is 35.2 Å². The van der Waals surface area contributed by atoms with Crippen LogP contribution in [0.3, 0.4) is 0 Å². The van der Waals surface area contributed by atoms with E-state index in [1.165, 1.54) is 42.6 Å². The molecule has 0 fully saturated rings. The van der Waals surface area contributed by atoms with Gasteiger partial charge in [-0.1, -0.05) is 24.3 Å². The van der Waals surface area contributed by atoms with Crippen molar-refractivity contribution in [1.29, 1.82) is 0 Å². The second kappa shape index (κ2) is 9.61. The van der Waals surface area contributed by atoms with Crippen LogP contribution in [0.25, 0.3) is 11.0 Å². The number of carbonyl (C=O) groups is 1. The van der Waals surface area contributed by atoms with Crippen molar-refractivity contribution < 1.29 is 23.8 Å². The summed E-state index contributed by atoms with van der Waals surface area (Å²) in [5.41, 5.74) is 3.72. The monoisotopic (exact) mass is 460 g/mol. The van der Waals surface area contributed by atoms with E-state index in [2.05, 4.69) is 10.5 Å². The molecule has 4 aromatic rings. The lowest BCUT2D eigenvalue weighted by Crippen LogP contribution is -2.16. The Morgan fingerprint density at radius 2 is 1.74 bits per heavy atom. The summed E-state index contributed by atoms with van der Waals surface area (Å²) in [5, 5.41) is 26.2. The summed E-state index contributed by atoms with van der Waals surface area (Å²) < 4.78 is 11.2. The molecule has 170 valence electrons. The Morgan fingerprint density at radius 1 is 0.971 bits per heavy atom. The Labute approximate surface area is 191 Å². The number of hydrogen-bond acceptors (Lipinski definition) is 8. The number of hydrogen-bond donors (Lipinski definition) is 1. The fourth-order valence-corrected chi connectivity index (χ4v) is 3.11. The summed E-state index contributed by atoms with van der Waals surface area (Å²) in [6.07, 6.45) is 1.38. The summed E-state index contributed by atoms with van der Waals surface area (Å²) in [7, 11) is 0. The lowest BCUT2D eigenvalue weighted by Gasteiger charge is -2.09. The number of para-hydroxylation sites is 1. The number of rotatable bonds is 8. The molecule has 1 N–H and O–H groups in total. The van der Waals surface area contributed by atoms with Crippen LogP contribution >= 0.6 is 0 Å². The number of hydrazone groups is 1. The highest BCUT2D eigenvalue weighted by Crippen LogP contribution is 2.24. The second-order valence-corrected chi connectivity index (χ2v) is 7.04. The van der Waals surface area contributed by atoms with Crippen molar-refractivity contribution in [2.45, 2.75) is 6.61 Å². The van der Waals surface area contributed by atoms with Gasteiger partial charge < -0.3 is 9.15 Å². The van der Waals surface area contributed by atoms with Crippen LogP contribution < -0.4 is 10.2 Å². The van der Waals surface area contributed by atoms with E-state index in [9.17, 15) is 25.0 Å². The van der Waals surface area contributed by atoms with E-state index in [0.29, 0.717) is 27.8 Å². The normalized spacial score (nSPS) is 10.9. The summed E-state index contributed by atoms with van der Waals surface area (Å²) in [6.45, 7) is 0.101. The zero-order valence-corrected chi connectivity index (χ0v) is 17.4. The van der Waals surface area contributed by atoms with Crippen molar-refractivity contribution in [1.82, 2.24) is 5.43 Å². The standard InChI is InChI=1S/C23H16N4O7/c28-23(22-12-17-11-19(27(31)32)8-9-21(17)34-22)25-24-13-16-5-1-2-7-20(16)33-14-15-4-3-6-18(10-15)26(29)30/h1-13H,14H2,(H,25,28)/b24-13+. The molecule has 0 aliphatic heterocycles. The molecule has 11 heteroatoms. The minimum atomic E-state index is -0.634. The van der Waals surface area contributed by atoms with Crippen LogP contribution in [0.2, 0.25) is 0 Å². The molecule has 0 atom stereocenters. The SMILES string of the molecule is O=C(N/N=C/c1ccccc1OCc1cccc([N+](=O)[O-])c1)c1cc2cc([N+](=O)[O-])ccc2o1. The van der Waals surface area contributed by atoms with Gasteiger partial charge in [0.05, 0.1) is 16.1 Å². The number of nitro benzene ring substituents is 2. The molecule has 1 amide bonds. The van der Waals surface area contributed by atoms with E-state index in [1.54, 1.807) is 36.4 Å².